The molecule has 0 radical (unpaired) electrons. The molecule has 0 aliphatic rings. The zero-order chi connectivity index (χ0) is 24.2. The Morgan fingerprint density at radius 3 is 1.97 bits per heavy atom. The van der Waals surface area contributed by atoms with Gasteiger partial charge in [-0.3, -0.25) is 9.59 Å². The van der Waals surface area contributed by atoms with Gasteiger partial charge in [-0.25, -0.2) is 0 Å². The highest BCUT2D eigenvalue weighted by molar-refractivity contribution is 6.06. The Balaban J connectivity index is 1.73. The van der Waals surface area contributed by atoms with Crippen LogP contribution in [0.5, 0.6) is 0 Å². The maximum atomic E-state index is 13.1. The fraction of sp³-hybridized carbons (Fsp3) is 0.130. The average Bonchev–Trinajstić information content (AvgIpc) is 2.76. The van der Waals surface area contributed by atoms with Gasteiger partial charge in [0, 0.05) is 17.8 Å². The maximum Gasteiger partial charge on any atom is 0.417 e. The van der Waals surface area contributed by atoms with Gasteiger partial charge in [-0.2, -0.15) is 26.3 Å². The molecule has 3 rings (SSSR count). The van der Waals surface area contributed by atoms with Crippen LogP contribution in [-0.2, 0) is 18.9 Å². The summed E-state index contributed by atoms with van der Waals surface area (Å²) in [6.45, 7) is -0.399. The quantitative estimate of drug-likeness (QED) is 0.460. The minimum atomic E-state index is -4.73. The van der Waals surface area contributed by atoms with Crippen LogP contribution >= 0.6 is 0 Å². The van der Waals surface area contributed by atoms with E-state index in [0.29, 0.717) is 0 Å². The number of hydrogen-bond acceptors (Lipinski definition) is 2. The smallest absolute Gasteiger partial charge is 0.348 e. The number of nitrogens with one attached hydrogen (secondary N) is 2. The van der Waals surface area contributed by atoms with Crippen LogP contribution in [0.4, 0.5) is 32.0 Å². The highest BCUT2D eigenvalue weighted by Crippen LogP contribution is 2.33. The van der Waals surface area contributed by atoms with Crippen LogP contribution in [0.2, 0.25) is 0 Å². The van der Waals surface area contributed by atoms with Gasteiger partial charge in [0.1, 0.15) is 0 Å². The molecular weight excluding hydrogens is 450 g/mol. The number of alkyl halides is 6. The van der Waals surface area contributed by atoms with Gasteiger partial charge in [-0.05, 0) is 42.0 Å². The van der Waals surface area contributed by atoms with Crippen LogP contribution in [0.1, 0.15) is 37.4 Å². The molecule has 2 N–H and O–H groups in total. The summed E-state index contributed by atoms with van der Waals surface area (Å²) >= 11 is 0. The van der Waals surface area contributed by atoms with E-state index in [1.54, 1.807) is 0 Å². The molecule has 0 saturated heterocycles. The molecule has 0 bridgehead atoms. The van der Waals surface area contributed by atoms with E-state index in [1.165, 1.54) is 48.5 Å². The lowest BCUT2D eigenvalue weighted by molar-refractivity contribution is -0.138. The van der Waals surface area contributed by atoms with Crippen LogP contribution in [-0.4, -0.2) is 11.8 Å². The largest absolute Gasteiger partial charge is 0.417 e. The number of carbonyl (C=O) groups excluding carboxylic acids is 2. The summed E-state index contributed by atoms with van der Waals surface area (Å²) in [4.78, 5) is 24.8. The summed E-state index contributed by atoms with van der Waals surface area (Å²) in [5.41, 5.74) is -2.67. The molecular formula is C23H16F6N2O2. The van der Waals surface area contributed by atoms with Crippen LogP contribution in [0.3, 0.4) is 0 Å². The van der Waals surface area contributed by atoms with Crippen LogP contribution in [0, 0.1) is 0 Å². The standard InChI is InChI=1S/C23H16F6N2O2/c24-22(25,26)18-10-3-1-6-15(18)13-30-20(32)14-7-5-8-16(12-14)31-21(33)17-9-2-4-11-19(17)23(27,28)29/h1-12H,13H2,(H,30,32)(H,31,33). The number of rotatable bonds is 5. The highest BCUT2D eigenvalue weighted by Gasteiger charge is 2.35. The van der Waals surface area contributed by atoms with Crippen LogP contribution in [0.15, 0.2) is 72.8 Å². The SMILES string of the molecule is O=C(NCc1ccccc1C(F)(F)F)c1cccc(NC(=O)c2ccccc2C(F)(F)F)c1. The Morgan fingerprint density at radius 2 is 1.30 bits per heavy atom. The minimum absolute atomic E-state index is 0.00129. The molecule has 3 aromatic rings. The predicted octanol–water partition coefficient (Wildman–Crippen LogP) is 5.91. The van der Waals surface area contributed by atoms with Gasteiger partial charge in [0.05, 0.1) is 16.7 Å². The second kappa shape index (κ2) is 9.35. The Morgan fingerprint density at radius 1 is 0.697 bits per heavy atom. The van der Waals surface area contributed by atoms with Gasteiger partial charge in [-0.15, -0.1) is 0 Å². The van der Waals surface area contributed by atoms with Crippen molar-refractivity contribution >= 4 is 17.5 Å². The summed E-state index contributed by atoms with van der Waals surface area (Å²) in [7, 11) is 0. The number of anilines is 1. The Labute approximate surface area is 184 Å². The third-order valence-electron chi connectivity index (χ3n) is 4.62. The van der Waals surface area contributed by atoms with Gasteiger partial charge < -0.3 is 10.6 Å². The summed E-state index contributed by atoms with van der Waals surface area (Å²) < 4.78 is 78.7. The van der Waals surface area contributed by atoms with Crippen molar-refractivity contribution in [2.24, 2.45) is 0 Å². The Hall–Kier alpha value is -3.82. The van der Waals surface area contributed by atoms with Crippen LogP contribution < -0.4 is 10.6 Å². The number of amides is 2. The normalized spacial score (nSPS) is 11.7. The van der Waals surface area contributed by atoms with Crippen molar-refractivity contribution in [2.75, 3.05) is 5.32 Å². The molecule has 0 atom stereocenters. The topological polar surface area (TPSA) is 58.2 Å². The fourth-order valence-electron chi connectivity index (χ4n) is 3.09. The first-order chi connectivity index (χ1) is 15.5. The highest BCUT2D eigenvalue weighted by atomic mass is 19.4. The summed E-state index contributed by atoms with van der Waals surface area (Å²) in [5.74, 6) is -1.75. The van der Waals surface area contributed by atoms with E-state index in [1.807, 2.05) is 0 Å². The molecule has 4 nitrogen and oxygen atoms in total. The molecule has 0 aliphatic heterocycles. The third-order valence-corrected chi connectivity index (χ3v) is 4.62. The number of carbonyl (C=O) groups is 2. The second-order valence-electron chi connectivity index (χ2n) is 6.92. The summed E-state index contributed by atoms with van der Waals surface area (Å²) in [6.07, 6.45) is -9.32. The molecule has 2 amide bonds. The van der Waals surface area contributed by atoms with E-state index >= 15 is 0 Å². The van der Waals surface area contributed by atoms with Crippen LogP contribution in [0.25, 0.3) is 0 Å². The predicted molar refractivity (Wildman–Crippen MR) is 108 cm³/mol. The summed E-state index contributed by atoms with van der Waals surface area (Å²) in [5, 5.41) is 4.67. The first-order valence-electron chi connectivity index (χ1n) is 9.48. The fourth-order valence-corrected chi connectivity index (χ4v) is 3.09. The van der Waals surface area contributed by atoms with Crippen molar-refractivity contribution in [3.8, 4) is 0 Å². The van der Waals surface area contributed by atoms with Gasteiger partial charge in [0.15, 0.2) is 0 Å². The Bertz CT molecular complexity index is 1170. The molecule has 0 unspecified atom stereocenters. The molecule has 0 aromatic heterocycles. The van der Waals surface area contributed by atoms with Crippen molar-refractivity contribution in [1.82, 2.24) is 5.32 Å². The van der Waals surface area contributed by atoms with E-state index in [2.05, 4.69) is 10.6 Å². The van der Waals surface area contributed by atoms with Crippen molar-refractivity contribution in [2.45, 2.75) is 18.9 Å². The number of halogens is 6. The molecule has 3 aromatic carbocycles. The lowest BCUT2D eigenvalue weighted by atomic mass is 10.1. The molecule has 172 valence electrons. The maximum absolute atomic E-state index is 13.1. The lowest BCUT2D eigenvalue weighted by Gasteiger charge is -2.14. The van der Waals surface area contributed by atoms with E-state index < -0.39 is 47.4 Å². The minimum Gasteiger partial charge on any atom is -0.348 e. The molecule has 0 heterocycles. The van der Waals surface area contributed by atoms with E-state index in [9.17, 15) is 35.9 Å². The van der Waals surface area contributed by atoms with E-state index in [0.717, 1.165) is 24.3 Å². The van der Waals surface area contributed by atoms with Crippen molar-refractivity contribution < 1.29 is 35.9 Å². The zero-order valence-corrected chi connectivity index (χ0v) is 16.7. The molecule has 10 heteroatoms. The third kappa shape index (κ3) is 5.91. The van der Waals surface area contributed by atoms with Gasteiger partial charge >= 0.3 is 12.4 Å². The summed E-state index contributed by atoms with van der Waals surface area (Å²) in [6, 6.07) is 14.3. The van der Waals surface area contributed by atoms with Gasteiger partial charge in [-0.1, -0.05) is 36.4 Å². The van der Waals surface area contributed by atoms with E-state index in [-0.39, 0.29) is 16.8 Å². The first kappa shape index (κ1) is 23.8. The van der Waals surface area contributed by atoms with Crippen molar-refractivity contribution in [1.29, 1.82) is 0 Å². The first-order valence-corrected chi connectivity index (χ1v) is 9.48. The Kier molecular flexibility index (Phi) is 6.75. The molecule has 0 saturated carbocycles. The lowest BCUT2D eigenvalue weighted by Crippen LogP contribution is -2.24. The number of benzene rings is 3. The van der Waals surface area contributed by atoms with E-state index in [4.69, 9.17) is 0 Å². The zero-order valence-electron chi connectivity index (χ0n) is 16.7. The molecule has 0 aliphatic carbocycles. The average molecular weight is 466 g/mol. The van der Waals surface area contributed by atoms with Gasteiger partial charge in [0.2, 0.25) is 0 Å². The molecule has 0 fully saturated rings. The van der Waals surface area contributed by atoms with Crippen molar-refractivity contribution in [3.63, 3.8) is 0 Å². The van der Waals surface area contributed by atoms with Gasteiger partial charge in [0.25, 0.3) is 11.8 Å². The monoisotopic (exact) mass is 466 g/mol. The second-order valence-corrected chi connectivity index (χ2v) is 6.92. The number of hydrogen-bond donors (Lipinski definition) is 2. The van der Waals surface area contributed by atoms with Crippen molar-refractivity contribution in [3.05, 3.63) is 101 Å². The molecule has 33 heavy (non-hydrogen) atoms. The molecule has 0 spiro atoms.